The zero-order valence-corrected chi connectivity index (χ0v) is 18.9. The molecule has 1 fully saturated rings. The molecule has 1 heterocycles. The minimum absolute atomic E-state index is 0.109. The monoisotopic (exact) mass is 428 g/mol. The standard InChI is InChI=1S/C24H32N2O3S/c1-4-9-24(27)26-15-8-14-22(25-30(3,28)29)23(26)17-19-11-7-12-20(16-19)21-13-6-5-10-18(21)2/h5-7,10-13,16,22-23,25H,4,8-9,14-15,17H2,1-3H3. The molecule has 0 spiro atoms. The Bertz CT molecular complexity index is 987. The Morgan fingerprint density at radius 2 is 1.93 bits per heavy atom. The topological polar surface area (TPSA) is 66.5 Å². The highest BCUT2D eigenvalue weighted by molar-refractivity contribution is 7.88. The number of piperidine rings is 1. The summed E-state index contributed by atoms with van der Waals surface area (Å²) in [5, 5.41) is 0. The average molecular weight is 429 g/mol. The highest BCUT2D eigenvalue weighted by atomic mass is 32.2. The Hall–Kier alpha value is -2.18. The number of carbonyl (C=O) groups excluding carboxylic acids is 1. The van der Waals surface area contributed by atoms with Crippen molar-refractivity contribution in [2.75, 3.05) is 12.8 Å². The number of hydrogen-bond donors (Lipinski definition) is 1. The van der Waals surface area contributed by atoms with Gasteiger partial charge in [-0.15, -0.1) is 0 Å². The minimum atomic E-state index is -3.36. The molecule has 1 N–H and O–H groups in total. The normalized spacial score (nSPS) is 19.6. The third kappa shape index (κ3) is 5.70. The summed E-state index contributed by atoms with van der Waals surface area (Å²) in [5.74, 6) is 0.109. The molecule has 1 aliphatic rings. The van der Waals surface area contributed by atoms with Crippen LogP contribution in [0.1, 0.15) is 43.7 Å². The van der Waals surface area contributed by atoms with Crippen molar-refractivity contribution in [3.63, 3.8) is 0 Å². The number of nitrogens with one attached hydrogen (secondary N) is 1. The molecule has 3 rings (SSSR count). The Kier molecular flexibility index (Phi) is 7.32. The van der Waals surface area contributed by atoms with Crippen LogP contribution in [0.25, 0.3) is 11.1 Å². The predicted molar refractivity (Wildman–Crippen MR) is 122 cm³/mol. The second-order valence-corrected chi connectivity index (χ2v) is 10.0. The third-order valence-electron chi connectivity index (χ3n) is 5.76. The van der Waals surface area contributed by atoms with Gasteiger partial charge in [-0.3, -0.25) is 4.79 Å². The lowest BCUT2D eigenvalue weighted by atomic mass is 9.89. The molecule has 1 amide bonds. The van der Waals surface area contributed by atoms with Crippen molar-refractivity contribution in [2.24, 2.45) is 0 Å². The number of nitrogens with zero attached hydrogens (tertiary/aromatic N) is 1. The molecule has 0 radical (unpaired) electrons. The van der Waals surface area contributed by atoms with E-state index in [0.29, 0.717) is 19.4 Å². The van der Waals surface area contributed by atoms with Gasteiger partial charge in [0.2, 0.25) is 15.9 Å². The number of likely N-dealkylation sites (tertiary alicyclic amines) is 1. The summed E-state index contributed by atoms with van der Waals surface area (Å²) in [6.07, 6.45) is 4.64. The maximum absolute atomic E-state index is 12.8. The van der Waals surface area contributed by atoms with Crippen molar-refractivity contribution in [1.29, 1.82) is 0 Å². The molecule has 162 valence electrons. The van der Waals surface area contributed by atoms with E-state index in [9.17, 15) is 13.2 Å². The lowest BCUT2D eigenvalue weighted by Crippen LogP contribution is -2.57. The summed E-state index contributed by atoms with van der Waals surface area (Å²) < 4.78 is 26.7. The number of sulfonamides is 1. The van der Waals surface area contributed by atoms with Crippen molar-refractivity contribution in [2.45, 2.75) is 58.0 Å². The van der Waals surface area contributed by atoms with Crippen LogP contribution in [-0.2, 0) is 21.2 Å². The molecule has 1 aliphatic heterocycles. The lowest BCUT2D eigenvalue weighted by molar-refractivity contribution is -0.135. The largest absolute Gasteiger partial charge is 0.338 e. The van der Waals surface area contributed by atoms with E-state index in [4.69, 9.17) is 0 Å². The van der Waals surface area contributed by atoms with Gasteiger partial charge < -0.3 is 4.90 Å². The van der Waals surface area contributed by atoms with E-state index >= 15 is 0 Å². The summed E-state index contributed by atoms with van der Waals surface area (Å²) in [7, 11) is -3.36. The fraction of sp³-hybridized carbons (Fsp3) is 0.458. The molecule has 2 aromatic carbocycles. The van der Waals surface area contributed by atoms with E-state index < -0.39 is 10.0 Å². The number of aryl methyl sites for hydroxylation is 1. The SMILES string of the molecule is CCCC(=O)N1CCCC(NS(C)(=O)=O)C1Cc1cccc(-c2ccccc2C)c1. The molecule has 2 atom stereocenters. The highest BCUT2D eigenvalue weighted by Gasteiger charge is 2.35. The van der Waals surface area contributed by atoms with E-state index in [-0.39, 0.29) is 18.0 Å². The van der Waals surface area contributed by atoms with E-state index in [0.717, 1.165) is 30.4 Å². The van der Waals surface area contributed by atoms with Gasteiger partial charge in [-0.2, -0.15) is 0 Å². The first kappa shape index (κ1) is 22.5. The van der Waals surface area contributed by atoms with E-state index in [1.165, 1.54) is 17.4 Å². The molecule has 0 aliphatic carbocycles. The molecular weight excluding hydrogens is 396 g/mol. The van der Waals surface area contributed by atoms with Gasteiger partial charge in [-0.25, -0.2) is 13.1 Å². The van der Waals surface area contributed by atoms with Crippen LogP contribution in [0.4, 0.5) is 0 Å². The molecule has 2 aromatic rings. The molecule has 5 nitrogen and oxygen atoms in total. The van der Waals surface area contributed by atoms with Gasteiger partial charge in [0.05, 0.1) is 12.3 Å². The van der Waals surface area contributed by atoms with Crippen LogP contribution < -0.4 is 4.72 Å². The second kappa shape index (κ2) is 9.75. The first-order valence-corrected chi connectivity index (χ1v) is 12.6. The summed E-state index contributed by atoms with van der Waals surface area (Å²) >= 11 is 0. The summed E-state index contributed by atoms with van der Waals surface area (Å²) in [4.78, 5) is 14.7. The van der Waals surface area contributed by atoms with E-state index in [2.05, 4.69) is 42.0 Å². The van der Waals surface area contributed by atoms with Crippen LogP contribution in [0.2, 0.25) is 0 Å². The third-order valence-corrected chi connectivity index (χ3v) is 6.49. The highest BCUT2D eigenvalue weighted by Crippen LogP contribution is 2.27. The Balaban J connectivity index is 1.91. The molecule has 0 bridgehead atoms. The molecule has 30 heavy (non-hydrogen) atoms. The molecular formula is C24H32N2O3S. The first-order valence-electron chi connectivity index (χ1n) is 10.7. The first-order chi connectivity index (χ1) is 14.3. The number of amides is 1. The quantitative estimate of drug-likeness (QED) is 0.727. The number of carbonyl (C=O) groups is 1. The van der Waals surface area contributed by atoms with Crippen LogP contribution in [0.3, 0.4) is 0 Å². The average Bonchev–Trinajstić information content (AvgIpc) is 2.69. The van der Waals surface area contributed by atoms with E-state index in [1.807, 2.05) is 30.0 Å². The number of hydrogen-bond acceptors (Lipinski definition) is 3. The van der Waals surface area contributed by atoms with Crippen LogP contribution in [0.5, 0.6) is 0 Å². The van der Waals surface area contributed by atoms with Crippen LogP contribution in [0, 0.1) is 6.92 Å². The fourth-order valence-electron chi connectivity index (χ4n) is 4.39. The van der Waals surface area contributed by atoms with Gasteiger partial charge in [0.15, 0.2) is 0 Å². The second-order valence-electron chi connectivity index (χ2n) is 8.26. The van der Waals surface area contributed by atoms with Gasteiger partial charge in [-0.05, 0) is 54.9 Å². The zero-order chi connectivity index (χ0) is 21.7. The molecule has 6 heteroatoms. The molecule has 2 unspecified atom stereocenters. The Labute approximate surface area is 180 Å². The Morgan fingerprint density at radius 1 is 1.17 bits per heavy atom. The molecule has 0 aromatic heterocycles. The van der Waals surface area contributed by atoms with Crippen molar-refractivity contribution in [1.82, 2.24) is 9.62 Å². The Morgan fingerprint density at radius 3 is 2.63 bits per heavy atom. The van der Waals surface area contributed by atoms with Crippen LogP contribution >= 0.6 is 0 Å². The van der Waals surface area contributed by atoms with Crippen molar-refractivity contribution in [3.8, 4) is 11.1 Å². The maximum atomic E-state index is 12.8. The van der Waals surface area contributed by atoms with Gasteiger partial charge in [0, 0.05) is 19.0 Å². The number of rotatable bonds is 7. The summed E-state index contributed by atoms with van der Waals surface area (Å²) in [6, 6.07) is 16.2. The van der Waals surface area contributed by atoms with Crippen molar-refractivity contribution >= 4 is 15.9 Å². The summed E-state index contributed by atoms with van der Waals surface area (Å²) in [6.45, 7) is 4.78. The van der Waals surface area contributed by atoms with Gasteiger partial charge in [0.25, 0.3) is 0 Å². The van der Waals surface area contributed by atoms with Gasteiger partial charge >= 0.3 is 0 Å². The van der Waals surface area contributed by atoms with Crippen molar-refractivity contribution in [3.05, 3.63) is 59.7 Å². The molecule has 0 saturated carbocycles. The van der Waals surface area contributed by atoms with E-state index in [1.54, 1.807) is 0 Å². The minimum Gasteiger partial charge on any atom is -0.338 e. The zero-order valence-electron chi connectivity index (χ0n) is 18.1. The lowest BCUT2D eigenvalue weighted by Gasteiger charge is -2.41. The maximum Gasteiger partial charge on any atom is 0.222 e. The predicted octanol–water partition coefficient (Wildman–Crippen LogP) is 3.91. The van der Waals surface area contributed by atoms with Crippen molar-refractivity contribution < 1.29 is 13.2 Å². The smallest absolute Gasteiger partial charge is 0.222 e. The van der Waals surface area contributed by atoms with Crippen LogP contribution in [0.15, 0.2) is 48.5 Å². The van der Waals surface area contributed by atoms with Gasteiger partial charge in [-0.1, -0.05) is 55.5 Å². The summed E-state index contributed by atoms with van der Waals surface area (Å²) in [5.41, 5.74) is 4.65. The number of benzene rings is 2. The molecule has 1 saturated heterocycles. The van der Waals surface area contributed by atoms with Gasteiger partial charge in [0.1, 0.15) is 0 Å². The van der Waals surface area contributed by atoms with Crippen LogP contribution in [-0.4, -0.2) is 44.1 Å². The fourth-order valence-corrected chi connectivity index (χ4v) is 5.22.